The third-order valence-electron chi connectivity index (χ3n) is 2.18. The Morgan fingerprint density at radius 3 is 2.77 bits per heavy atom. The highest BCUT2D eigenvalue weighted by molar-refractivity contribution is 5.61. The second-order valence-electron chi connectivity index (χ2n) is 3.10. The van der Waals surface area contributed by atoms with Gasteiger partial charge in [0.2, 0.25) is 0 Å². The van der Waals surface area contributed by atoms with Crippen LogP contribution >= 0.6 is 0 Å². The van der Waals surface area contributed by atoms with Gasteiger partial charge in [-0.1, -0.05) is 32.0 Å². The van der Waals surface area contributed by atoms with E-state index >= 15 is 0 Å². The van der Waals surface area contributed by atoms with Crippen LogP contribution in [-0.4, -0.2) is 6.29 Å². The van der Waals surface area contributed by atoms with E-state index in [9.17, 15) is 9.18 Å². The zero-order valence-corrected chi connectivity index (χ0v) is 7.88. The second kappa shape index (κ2) is 4.17. The van der Waals surface area contributed by atoms with E-state index in [-0.39, 0.29) is 11.7 Å². The first kappa shape index (κ1) is 9.90. The molecule has 0 radical (unpaired) electrons. The number of rotatable bonds is 3. The van der Waals surface area contributed by atoms with Crippen LogP contribution < -0.4 is 0 Å². The Morgan fingerprint density at radius 2 is 2.23 bits per heavy atom. The Kier molecular flexibility index (Phi) is 3.18. The fraction of sp³-hybridized carbons (Fsp3) is 0.364. The van der Waals surface area contributed by atoms with Crippen LogP contribution in [-0.2, 0) is 11.2 Å². The number of halogens is 1. The third-order valence-corrected chi connectivity index (χ3v) is 2.18. The molecule has 13 heavy (non-hydrogen) atoms. The Balaban J connectivity index is 3.14. The minimum atomic E-state index is -0.355. The first-order chi connectivity index (χ1) is 6.20. The van der Waals surface area contributed by atoms with E-state index in [0.717, 1.165) is 6.29 Å². The second-order valence-corrected chi connectivity index (χ2v) is 3.10. The van der Waals surface area contributed by atoms with E-state index in [1.54, 1.807) is 25.1 Å². The molecule has 0 fully saturated rings. The minimum absolute atomic E-state index is 0.232. The fourth-order valence-electron chi connectivity index (χ4n) is 1.30. The molecule has 1 unspecified atom stereocenters. The van der Waals surface area contributed by atoms with E-state index in [1.807, 2.05) is 6.92 Å². The molecule has 0 aliphatic heterocycles. The maximum absolute atomic E-state index is 13.6. The predicted molar refractivity (Wildman–Crippen MR) is 50.3 cm³/mol. The van der Waals surface area contributed by atoms with Gasteiger partial charge in [0.1, 0.15) is 12.1 Å². The molecule has 1 rings (SSSR count). The number of hydrogen-bond acceptors (Lipinski definition) is 1. The van der Waals surface area contributed by atoms with Crippen molar-refractivity contribution >= 4 is 6.29 Å². The van der Waals surface area contributed by atoms with E-state index < -0.39 is 0 Å². The molecular weight excluding hydrogens is 167 g/mol. The summed E-state index contributed by atoms with van der Waals surface area (Å²) in [6.07, 6.45) is 1.42. The van der Waals surface area contributed by atoms with Crippen molar-refractivity contribution in [1.82, 2.24) is 0 Å². The Bertz CT molecular complexity index is 307. The van der Waals surface area contributed by atoms with Gasteiger partial charge in [0.25, 0.3) is 0 Å². The Labute approximate surface area is 77.6 Å². The lowest BCUT2D eigenvalue weighted by Gasteiger charge is -2.08. The van der Waals surface area contributed by atoms with Crippen molar-refractivity contribution in [2.24, 2.45) is 0 Å². The average molecular weight is 180 g/mol. The van der Waals surface area contributed by atoms with Gasteiger partial charge in [-0.25, -0.2) is 4.39 Å². The summed E-state index contributed by atoms with van der Waals surface area (Å²) < 4.78 is 13.6. The van der Waals surface area contributed by atoms with Gasteiger partial charge in [-0.05, 0) is 17.5 Å². The number of carbonyl (C=O) groups excluding carboxylic acids is 1. The van der Waals surface area contributed by atoms with Gasteiger partial charge in [0.05, 0.1) is 0 Å². The van der Waals surface area contributed by atoms with Gasteiger partial charge in [0, 0.05) is 5.92 Å². The number of aryl methyl sites for hydroxylation is 1. The molecule has 0 spiro atoms. The third kappa shape index (κ3) is 1.94. The van der Waals surface area contributed by atoms with Crippen molar-refractivity contribution < 1.29 is 9.18 Å². The van der Waals surface area contributed by atoms with Crippen molar-refractivity contribution in [3.63, 3.8) is 0 Å². The standard InChI is InChI=1S/C11H13FO/c1-3-9-5-4-6-10(11(9)12)8(2)7-13/h4-8H,3H2,1-2H3. The first-order valence-electron chi connectivity index (χ1n) is 4.43. The molecule has 1 atom stereocenters. The molecule has 0 bridgehead atoms. The minimum Gasteiger partial charge on any atom is -0.303 e. The zero-order valence-electron chi connectivity index (χ0n) is 7.88. The fourth-order valence-corrected chi connectivity index (χ4v) is 1.30. The molecule has 2 heteroatoms. The highest BCUT2D eigenvalue weighted by Crippen LogP contribution is 2.20. The van der Waals surface area contributed by atoms with Gasteiger partial charge >= 0.3 is 0 Å². The summed E-state index contributed by atoms with van der Waals surface area (Å²) in [5.74, 6) is -0.587. The molecule has 0 heterocycles. The van der Waals surface area contributed by atoms with Crippen molar-refractivity contribution in [2.45, 2.75) is 26.2 Å². The Hall–Kier alpha value is -1.18. The SMILES string of the molecule is CCc1cccc(C(C)C=O)c1F. The highest BCUT2D eigenvalue weighted by atomic mass is 19.1. The van der Waals surface area contributed by atoms with Crippen LogP contribution in [0.4, 0.5) is 4.39 Å². The van der Waals surface area contributed by atoms with Crippen molar-refractivity contribution in [3.8, 4) is 0 Å². The molecule has 0 saturated carbocycles. The predicted octanol–water partition coefficient (Wildman–Crippen LogP) is 2.69. The molecule has 0 aromatic heterocycles. The summed E-state index contributed by atoms with van der Waals surface area (Å²) in [4.78, 5) is 10.5. The summed E-state index contributed by atoms with van der Waals surface area (Å²) in [6, 6.07) is 5.20. The molecule has 0 amide bonds. The van der Waals surface area contributed by atoms with E-state index in [2.05, 4.69) is 0 Å². The monoisotopic (exact) mass is 180 g/mol. The molecular formula is C11H13FO. The van der Waals surface area contributed by atoms with Crippen molar-refractivity contribution in [2.75, 3.05) is 0 Å². The summed E-state index contributed by atoms with van der Waals surface area (Å²) in [5.41, 5.74) is 1.17. The normalized spacial score (nSPS) is 12.5. The first-order valence-corrected chi connectivity index (χ1v) is 4.43. The molecule has 0 aliphatic carbocycles. The summed E-state index contributed by atoms with van der Waals surface area (Å²) in [6.45, 7) is 3.60. The van der Waals surface area contributed by atoms with Crippen LogP contribution in [0, 0.1) is 5.82 Å². The molecule has 1 nitrogen and oxygen atoms in total. The van der Waals surface area contributed by atoms with Crippen LogP contribution in [0.15, 0.2) is 18.2 Å². The van der Waals surface area contributed by atoms with Gasteiger partial charge in [-0.2, -0.15) is 0 Å². The smallest absolute Gasteiger partial charge is 0.130 e. The van der Waals surface area contributed by atoms with Crippen molar-refractivity contribution in [3.05, 3.63) is 35.1 Å². The van der Waals surface area contributed by atoms with Crippen LogP contribution in [0.2, 0.25) is 0 Å². The highest BCUT2D eigenvalue weighted by Gasteiger charge is 2.11. The molecule has 1 aromatic carbocycles. The van der Waals surface area contributed by atoms with Crippen LogP contribution in [0.25, 0.3) is 0 Å². The lowest BCUT2D eigenvalue weighted by Crippen LogP contribution is -2.01. The number of carbonyl (C=O) groups is 1. The van der Waals surface area contributed by atoms with Crippen LogP contribution in [0.3, 0.4) is 0 Å². The largest absolute Gasteiger partial charge is 0.303 e. The molecule has 0 saturated heterocycles. The summed E-state index contributed by atoms with van der Waals surface area (Å²) in [5, 5.41) is 0. The lowest BCUT2D eigenvalue weighted by molar-refractivity contribution is -0.108. The quantitative estimate of drug-likeness (QED) is 0.653. The number of benzene rings is 1. The summed E-state index contributed by atoms with van der Waals surface area (Å²) >= 11 is 0. The number of aldehydes is 1. The maximum Gasteiger partial charge on any atom is 0.130 e. The topological polar surface area (TPSA) is 17.1 Å². The molecule has 0 aliphatic rings. The van der Waals surface area contributed by atoms with E-state index in [0.29, 0.717) is 17.5 Å². The van der Waals surface area contributed by atoms with Crippen LogP contribution in [0.5, 0.6) is 0 Å². The molecule has 70 valence electrons. The van der Waals surface area contributed by atoms with Gasteiger partial charge in [-0.15, -0.1) is 0 Å². The van der Waals surface area contributed by atoms with Crippen molar-refractivity contribution in [1.29, 1.82) is 0 Å². The summed E-state index contributed by atoms with van der Waals surface area (Å²) in [7, 11) is 0. The van der Waals surface area contributed by atoms with E-state index in [4.69, 9.17) is 0 Å². The van der Waals surface area contributed by atoms with Crippen LogP contribution in [0.1, 0.15) is 30.9 Å². The zero-order chi connectivity index (χ0) is 9.84. The number of hydrogen-bond donors (Lipinski definition) is 0. The lowest BCUT2D eigenvalue weighted by atomic mass is 9.98. The molecule has 1 aromatic rings. The maximum atomic E-state index is 13.6. The van der Waals surface area contributed by atoms with Gasteiger partial charge in [-0.3, -0.25) is 0 Å². The molecule has 0 N–H and O–H groups in total. The van der Waals surface area contributed by atoms with E-state index in [1.165, 1.54) is 0 Å². The Morgan fingerprint density at radius 1 is 1.54 bits per heavy atom. The van der Waals surface area contributed by atoms with Gasteiger partial charge < -0.3 is 4.79 Å². The van der Waals surface area contributed by atoms with Gasteiger partial charge in [0.15, 0.2) is 0 Å². The average Bonchev–Trinajstić information content (AvgIpc) is 2.17.